The van der Waals surface area contributed by atoms with Crippen LogP contribution in [0.5, 0.6) is 0 Å². The summed E-state index contributed by atoms with van der Waals surface area (Å²) in [6.07, 6.45) is 30.2. The number of nitrogens with two attached hydrogens (primary N) is 1. The molecule has 5 atom stereocenters. The van der Waals surface area contributed by atoms with Crippen molar-refractivity contribution in [3.63, 3.8) is 0 Å². The Morgan fingerprint density at radius 1 is 0.750 bits per heavy atom. The van der Waals surface area contributed by atoms with Crippen molar-refractivity contribution >= 4 is 5.78 Å². The van der Waals surface area contributed by atoms with E-state index in [0.29, 0.717) is 23.8 Å². The molecule has 0 bridgehead atoms. The molecular formula is C33H63N2O+. The number of ketones is 1. The zero-order chi connectivity index (χ0) is 25.6. The third-order valence-corrected chi connectivity index (χ3v) is 9.90. The van der Waals surface area contributed by atoms with Gasteiger partial charge in [-0.05, 0) is 37.6 Å². The molecule has 1 heterocycles. The fraction of sp³-hybridized carbons (Fsp3) is 0.970. The first kappa shape index (κ1) is 30.1. The van der Waals surface area contributed by atoms with Crippen LogP contribution in [0.15, 0.2) is 0 Å². The molecule has 0 aromatic rings. The lowest BCUT2D eigenvalue weighted by Gasteiger charge is -2.51. The molecule has 5 unspecified atom stereocenters. The zero-order valence-corrected chi connectivity index (χ0v) is 24.6. The van der Waals surface area contributed by atoms with Crippen LogP contribution in [0.3, 0.4) is 0 Å². The highest BCUT2D eigenvalue weighted by molar-refractivity contribution is 5.84. The average Bonchev–Trinajstić information content (AvgIpc) is 2.84. The van der Waals surface area contributed by atoms with Gasteiger partial charge in [0, 0.05) is 24.8 Å². The molecule has 3 nitrogen and oxygen atoms in total. The van der Waals surface area contributed by atoms with Gasteiger partial charge in [-0.1, -0.05) is 124 Å². The van der Waals surface area contributed by atoms with Gasteiger partial charge in [0.1, 0.15) is 5.78 Å². The summed E-state index contributed by atoms with van der Waals surface area (Å²) in [5.74, 6) is 1.53. The highest BCUT2D eigenvalue weighted by Gasteiger charge is 2.54. The minimum atomic E-state index is 0.189. The molecule has 3 aliphatic rings. The van der Waals surface area contributed by atoms with E-state index in [1.807, 2.05) is 0 Å². The first-order valence-corrected chi connectivity index (χ1v) is 16.6. The smallest absolute Gasteiger partial charge is 0.144 e. The van der Waals surface area contributed by atoms with Crippen LogP contribution in [0.4, 0.5) is 0 Å². The molecule has 3 rings (SSSR count). The Hall–Kier alpha value is -0.410. The summed E-state index contributed by atoms with van der Waals surface area (Å²) in [7, 11) is 0. The lowest BCUT2D eigenvalue weighted by Crippen LogP contribution is -3.02. The molecule has 0 aromatic heterocycles. The maximum Gasteiger partial charge on any atom is 0.144 e. The number of hydrogen-bond acceptors (Lipinski definition) is 2. The number of carbonyl (C=O) groups excluding carboxylic acids is 1. The SMILES string of the molecule is CCCCCCCCCCCCCCCCCCNC1C2CCCCC2[NH2+]C2CC(C)(C)CC(=O)C21. The van der Waals surface area contributed by atoms with Gasteiger partial charge in [0.15, 0.2) is 0 Å². The monoisotopic (exact) mass is 503 g/mol. The van der Waals surface area contributed by atoms with Crippen LogP contribution in [0.25, 0.3) is 0 Å². The normalized spacial score (nSPS) is 29.6. The second kappa shape index (κ2) is 16.5. The van der Waals surface area contributed by atoms with Gasteiger partial charge in [0.25, 0.3) is 0 Å². The Kier molecular flexibility index (Phi) is 13.8. The maximum atomic E-state index is 13.3. The van der Waals surface area contributed by atoms with Gasteiger partial charge in [-0.3, -0.25) is 4.79 Å². The van der Waals surface area contributed by atoms with Crippen LogP contribution < -0.4 is 10.6 Å². The first-order chi connectivity index (χ1) is 17.5. The Bertz CT molecular complexity index is 602. The van der Waals surface area contributed by atoms with Gasteiger partial charge < -0.3 is 10.6 Å². The summed E-state index contributed by atoms with van der Waals surface area (Å²) in [5.41, 5.74) is 0.189. The van der Waals surface area contributed by atoms with E-state index in [9.17, 15) is 4.79 Å². The number of unbranched alkanes of at least 4 members (excludes halogenated alkanes) is 15. The lowest BCUT2D eigenvalue weighted by atomic mass is 9.61. The summed E-state index contributed by atoms with van der Waals surface area (Å²) in [5, 5.41) is 6.64. The predicted octanol–water partition coefficient (Wildman–Crippen LogP) is 7.72. The van der Waals surface area contributed by atoms with Gasteiger partial charge in [-0.25, -0.2) is 0 Å². The minimum Gasteiger partial charge on any atom is -0.340 e. The molecule has 2 aliphatic carbocycles. The molecule has 36 heavy (non-hydrogen) atoms. The van der Waals surface area contributed by atoms with Crippen molar-refractivity contribution in [2.24, 2.45) is 17.3 Å². The Labute approximate surface area is 225 Å². The Morgan fingerprint density at radius 3 is 1.86 bits per heavy atom. The number of carbonyl (C=O) groups is 1. The fourth-order valence-corrected chi connectivity index (χ4v) is 8.00. The third kappa shape index (κ3) is 10.0. The van der Waals surface area contributed by atoms with Crippen molar-refractivity contribution in [2.45, 2.75) is 180 Å². The molecule has 3 N–H and O–H groups in total. The largest absolute Gasteiger partial charge is 0.340 e. The number of hydrogen-bond donors (Lipinski definition) is 2. The van der Waals surface area contributed by atoms with Gasteiger partial charge >= 0.3 is 0 Å². The van der Waals surface area contributed by atoms with E-state index < -0.39 is 0 Å². The van der Waals surface area contributed by atoms with E-state index in [-0.39, 0.29) is 11.3 Å². The Morgan fingerprint density at radius 2 is 1.28 bits per heavy atom. The molecule has 0 radical (unpaired) electrons. The molecule has 3 fully saturated rings. The van der Waals surface area contributed by atoms with Crippen molar-refractivity contribution in [3.8, 4) is 0 Å². The van der Waals surface area contributed by atoms with Crippen LogP contribution in [0, 0.1) is 17.3 Å². The van der Waals surface area contributed by atoms with E-state index >= 15 is 0 Å². The maximum absolute atomic E-state index is 13.3. The number of piperidine rings is 1. The van der Waals surface area contributed by atoms with E-state index in [1.165, 1.54) is 135 Å². The van der Waals surface area contributed by atoms with Gasteiger partial charge in [0.05, 0.1) is 18.0 Å². The van der Waals surface area contributed by atoms with Crippen molar-refractivity contribution in [1.29, 1.82) is 0 Å². The van der Waals surface area contributed by atoms with Crippen LogP contribution >= 0.6 is 0 Å². The minimum absolute atomic E-state index is 0.189. The first-order valence-electron chi connectivity index (χ1n) is 16.6. The molecule has 1 aliphatic heterocycles. The van der Waals surface area contributed by atoms with Crippen molar-refractivity contribution in [3.05, 3.63) is 0 Å². The van der Waals surface area contributed by atoms with Crippen molar-refractivity contribution < 1.29 is 10.1 Å². The second-order valence-corrected chi connectivity index (χ2v) is 13.8. The predicted molar refractivity (Wildman–Crippen MR) is 154 cm³/mol. The highest BCUT2D eigenvalue weighted by Crippen LogP contribution is 2.41. The molecule has 210 valence electrons. The summed E-state index contributed by atoms with van der Waals surface area (Å²) in [4.78, 5) is 13.3. The van der Waals surface area contributed by atoms with E-state index in [2.05, 4.69) is 31.4 Å². The fourth-order valence-electron chi connectivity index (χ4n) is 8.00. The number of quaternary nitrogens is 1. The summed E-state index contributed by atoms with van der Waals surface area (Å²) in [6, 6.07) is 1.72. The molecule has 2 saturated carbocycles. The number of nitrogens with one attached hydrogen (secondary N) is 1. The van der Waals surface area contributed by atoms with Crippen LogP contribution in [-0.2, 0) is 4.79 Å². The quantitative estimate of drug-likeness (QED) is 0.188. The van der Waals surface area contributed by atoms with Gasteiger partial charge in [-0.15, -0.1) is 0 Å². The highest BCUT2D eigenvalue weighted by atomic mass is 16.1. The standard InChI is InChI=1S/C33H62N2O/c1-4-5-6-7-8-9-10-11-12-13-14-15-16-17-18-21-24-34-32-27-22-19-20-23-28(27)35-29-25-33(2,3)26-30(36)31(29)32/h27-29,31-32,34-35H,4-26H2,1-3H3/p+1. The second-order valence-electron chi connectivity index (χ2n) is 13.8. The van der Waals surface area contributed by atoms with E-state index in [0.717, 1.165) is 19.0 Å². The van der Waals surface area contributed by atoms with E-state index in [4.69, 9.17) is 0 Å². The summed E-state index contributed by atoms with van der Waals surface area (Å²) >= 11 is 0. The average molecular weight is 504 g/mol. The molecule has 0 spiro atoms. The number of Topliss-reactive ketones (excluding diaryl/α,β-unsaturated/α-hetero) is 1. The van der Waals surface area contributed by atoms with Gasteiger partial charge in [0.2, 0.25) is 0 Å². The van der Waals surface area contributed by atoms with Crippen molar-refractivity contribution in [2.75, 3.05) is 6.54 Å². The Balaban J connectivity index is 1.22. The third-order valence-electron chi connectivity index (χ3n) is 9.90. The topological polar surface area (TPSA) is 45.7 Å². The number of fused-ring (bicyclic) bond motifs is 2. The lowest BCUT2D eigenvalue weighted by molar-refractivity contribution is -0.747. The number of rotatable bonds is 18. The van der Waals surface area contributed by atoms with E-state index in [1.54, 1.807) is 0 Å². The summed E-state index contributed by atoms with van der Waals surface area (Å²) < 4.78 is 0. The van der Waals surface area contributed by atoms with Gasteiger partial charge in [-0.2, -0.15) is 0 Å². The molecule has 3 heteroatoms. The summed E-state index contributed by atoms with van der Waals surface area (Å²) in [6.45, 7) is 8.03. The van der Waals surface area contributed by atoms with Crippen LogP contribution in [0.1, 0.15) is 162 Å². The molecule has 0 aromatic carbocycles. The molecular weight excluding hydrogens is 440 g/mol. The zero-order valence-electron chi connectivity index (χ0n) is 24.6. The van der Waals surface area contributed by atoms with Crippen molar-refractivity contribution in [1.82, 2.24) is 5.32 Å². The molecule has 0 amide bonds. The van der Waals surface area contributed by atoms with Crippen LogP contribution in [-0.4, -0.2) is 30.5 Å². The van der Waals surface area contributed by atoms with Crippen LogP contribution in [0.2, 0.25) is 0 Å². The molecule has 1 saturated heterocycles.